The van der Waals surface area contributed by atoms with Crippen LogP contribution in [-0.4, -0.2) is 27.7 Å². The smallest absolute Gasteiger partial charge is 0.341 e. The van der Waals surface area contributed by atoms with Crippen molar-refractivity contribution in [1.29, 1.82) is 5.26 Å². The van der Waals surface area contributed by atoms with E-state index < -0.39 is 12.6 Å². The Balaban J connectivity index is 2.02. The van der Waals surface area contributed by atoms with Crippen molar-refractivity contribution in [2.75, 3.05) is 6.61 Å². The van der Waals surface area contributed by atoms with Crippen molar-refractivity contribution < 1.29 is 14.6 Å². The van der Waals surface area contributed by atoms with E-state index in [1.165, 1.54) is 0 Å². The Morgan fingerprint density at radius 3 is 2.77 bits per heavy atom. The number of benzene rings is 2. The van der Waals surface area contributed by atoms with Crippen molar-refractivity contribution in [3.63, 3.8) is 0 Å². The Hall–Kier alpha value is -3.59. The van der Waals surface area contributed by atoms with Crippen LogP contribution in [0.4, 0.5) is 0 Å². The van der Waals surface area contributed by atoms with Crippen LogP contribution in [0, 0.1) is 25.2 Å². The Morgan fingerprint density at radius 2 is 2.04 bits per heavy atom. The van der Waals surface area contributed by atoms with E-state index >= 15 is 0 Å². The van der Waals surface area contributed by atoms with Crippen LogP contribution in [0.3, 0.4) is 0 Å². The van der Waals surface area contributed by atoms with Crippen LogP contribution in [0.5, 0.6) is 5.75 Å². The summed E-state index contributed by atoms with van der Waals surface area (Å²) in [6, 6.07) is 13.1. The molecule has 3 aromatic rings. The predicted molar refractivity (Wildman–Crippen MR) is 98.6 cm³/mol. The Morgan fingerprint density at radius 1 is 1.31 bits per heavy atom. The average molecular weight is 347 g/mol. The van der Waals surface area contributed by atoms with Crippen molar-refractivity contribution >= 4 is 28.7 Å². The summed E-state index contributed by atoms with van der Waals surface area (Å²) in [6.45, 7) is 3.59. The number of para-hydroxylation sites is 1. The number of aromatic nitrogens is 2. The van der Waals surface area contributed by atoms with Crippen LogP contribution in [0.25, 0.3) is 22.7 Å². The number of carboxylic acids is 1. The lowest BCUT2D eigenvalue weighted by atomic mass is 10.1. The topological polar surface area (TPSA) is 99.0 Å². The minimum absolute atomic E-state index is 0.336. The van der Waals surface area contributed by atoms with Gasteiger partial charge >= 0.3 is 5.97 Å². The van der Waals surface area contributed by atoms with Crippen molar-refractivity contribution in [3.05, 3.63) is 58.9 Å². The fourth-order valence-corrected chi connectivity index (χ4v) is 2.58. The number of H-pyrrole nitrogens is 1. The molecule has 0 atom stereocenters. The van der Waals surface area contributed by atoms with E-state index in [1.807, 2.05) is 26.0 Å². The molecule has 130 valence electrons. The third-order valence-electron chi connectivity index (χ3n) is 4.04. The number of aryl methyl sites for hydroxylation is 2. The Labute approximate surface area is 150 Å². The molecule has 26 heavy (non-hydrogen) atoms. The molecule has 0 radical (unpaired) electrons. The van der Waals surface area contributed by atoms with Crippen molar-refractivity contribution in [1.82, 2.24) is 9.97 Å². The summed E-state index contributed by atoms with van der Waals surface area (Å²) in [5, 5.41) is 18.4. The number of nitrogens with one attached hydrogen (secondary N) is 1. The van der Waals surface area contributed by atoms with Gasteiger partial charge in [0.25, 0.3) is 0 Å². The first-order valence-corrected chi connectivity index (χ1v) is 8.00. The molecule has 0 saturated carbocycles. The molecule has 1 heterocycles. The van der Waals surface area contributed by atoms with E-state index in [1.54, 1.807) is 30.3 Å². The highest BCUT2D eigenvalue weighted by Crippen LogP contribution is 2.25. The number of ether oxygens (including phenoxy) is 1. The van der Waals surface area contributed by atoms with E-state index in [0.29, 0.717) is 22.7 Å². The molecule has 2 N–H and O–H groups in total. The van der Waals surface area contributed by atoms with Crippen molar-refractivity contribution in [2.24, 2.45) is 0 Å². The zero-order chi connectivity index (χ0) is 18.7. The molecule has 3 rings (SSSR count). The molecule has 0 unspecified atom stereocenters. The van der Waals surface area contributed by atoms with Crippen molar-refractivity contribution in [2.45, 2.75) is 13.8 Å². The van der Waals surface area contributed by atoms with Gasteiger partial charge in [0.2, 0.25) is 0 Å². The molecule has 0 saturated heterocycles. The second-order valence-electron chi connectivity index (χ2n) is 5.93. The number of allylic oxidation sites excluding steroid dienone is 1. The number of imidazole rings is 1. The molecule has 0 spiro atoms. The minimum atomic E-state index is -1.06. The number of nitriles is 1. The molecular formula is C20H17N3O3. The van der Waals surface area contributed by atoms with Gasteiger partial charge in [-0.05, 0) is 49.2 Å². The average Bonchev–Trinajstić information content (AvgIpc) is 3.01. The Kier molecular flexibility index (Phi) is 4.72. The van der Waals surface area contributed by atoms with Crippen LogP contribution in [0.1, 0.15) is 22.5 Å². The quantitative estimate of drug-likeness (QED) is 0.686. The first kappa shape index (κ1) is 17.2. The molecule has 0 aliphatic rings. The SMILES string of the molecule is Cc1cc2nc(/C(C#N)=C/c3ccccc3OCC(=O)O)[nH]c2cc1C. The van der Waals surface area contributed by atoms with E-state index in [4.69, 9.17) is 9.84 Å². The van der Waals surface area contributed by atoms with Gasteiger partial charge in [0.15, 0.2) is 6.61 Å². The predicted octanol–water partition coefficient (Wildman–Crippen LogP) is 3.71. The molecule has 0 fully saturated rings. The van der Waals surface area contributed by atoms with Crippen molar-refractivity contribution in [3.8, 4) is 11.8 Å². The second-order valence-corrected chi connectivity index (χ2v) is 5.93. The number of carbonyl (C=O) groups is 1. The normalized spacial score (nSPS) is 11.3. The zero-order valence-corrected chi connectivity index (χ0v) is 14.4. The number of nitrogens with zero attached hydrogens (tertiary/aromatic N) is 2. The van der Waals surface area contributed by atoms with E-state index in [2.05, 4.69) is 16.0 Å². The largest absolute Gasteiger partial charge is 0.481 e. The van der Waals surface area contributed by atoms with E-state index in [0.717, 1.165) is 22.2 Å². The highest BCUT2D eigenvalue weighted by Gasteiger charge is 2.11. The molecule has 1 aromatic heterocycles. The van der Waals surface area contributed by atoms with Crippen LogP contribution < -0.4 is 4.74 Å². The maximum atomic E-state index is 10.7. The summed E-state index contributed by atoms with van der Waals surface area (Å²) >= 11 is 0. The number of hydrogen-bond donors (Lipinski definition) is 2. The lowest BCUT2D eigenvalue weighted by molar-refractivity contribution is -0.139. The first-order chi connectivity index (χ1) is 12.5. The number of fused-ring (bicyclic) bond motifs is 1. The fraction of sp³-hybridized carbons (Fsp3) is 0.150. The van der Waals surface area contributed by atoms with Gasteiger partial charge in [-0.2, -0.15) is 5.26 Å². The van der Waals surface area contributed by atoms with Crippen LogP contribution in [-0.2, 0) is 4.79 Å². The number of rotatable bonds is 5. The lowest BCUT2D eigenvalue weighted by Gasteiger charge is -2.07. The van der Waals surface area contributed by atoms with E-state index in [9.17, 15) is 10.1 Å². The minimum Gasteiger partial charge on any atom is -0.481 e. The molecule has 0 aliphatic carbocycles. The standard InChI is InChI=1S/C20H17N3O3/c1-12-7-16-17(8-13(12)2)23-20(22-16)15(10-21)9-14-5-3-4-6-18(14)26-11-19(24)25/h3-9H,11H2,1-2H3,(H,22,23)(H,24,25)/b15-9+. The summed E-state index contributed by atoms with van der Waals surface area (Å²) in [4.78, 5) is 18.4. The van der Waals surface area contributed by atoms with Crippen LogP contribution in [0.15, 0.2) is 36.4 Å². The second kappa shape index (κ2) is 7.11. The van der Waals surface area contributed by atoms with Gasteiger partial charge in [-0.25, -0.2) is 9.78 Å². The van der Waals surface area contributed by atoms with Gasteiger partial charge in [-0.3, -0.25) is 0 Å². The molecular weight excluding hydrogens is 330 g/mol. The zero-order valence-electron chi connectivity index (χ0n) is 14.4. The molecule has 0 amide bonds. The molecule has 6 nitrogen and oxygen atoms in total. The molecule has 6 heteroatoms. The number of hydrogen-bond acceptors (Lipinski definition) is 4. The molecule has 2 aromatic carbocycles. The summed E-state index contributed by atoms with van der Waals surface area (Å²) in [5.41, 5.74) is 4.87. The number of carboxylic acid groups (broad SMARTS) is 1. The summed E-state index contributed by atoms with van der Waals surface area (Å²) in [7, 11) is 0. The highest BCUT2D eigenvalue weighted by atomic mass is 16.5. The summed E-state index contributed by atoms with van der Waals surface area (Å²) < 4.78 is 5.29. The lowest BCUT2D eigenvalue weighted by Crippen LogP contribution is -2.09. The number of aliphatic carboxylic acids is 1. The maximum Gasteiger partial charge on any atom is 0.341 e. The van der Waals surface area contributed by atoms with Gasteiger partial charge in [0.05, 0.1) is 16.6 Å². The van der Waals surface area contributed by atoms with E-state index in [-0.39, 0.29) is 0 Å². The van der Waals surface area contributed by atoms with Gasteiger partial charge in [-0.15, -0.1) is 0 Å². The van der Waals surface area contributed by atoms with Gasteiger partial charge in [0, 0.05) is 5.56 Å². The highest BCUT2D eigenvalue weighted by molar-refractivity contribution is 5.91. The summed E-state index contributed by atoms with van der Waals surface area (Å²) in [5.74, 6) is -0.210. The molecule has 0 aliphatic heterocycles. The van der Waals surface area contributed by atoms with Crippen LogP contribution in [0.2, 0.25) is 0 Å². The third-order valence-corrected chi connectivity index (χ3v) is 4.04. The summed E-state index contributed by atoms with van der Waals surface area (Å²) in [6.07, 6.45) is 1.63. The third kappa shape index (κ3) is 3.57. The van der Waals surface area contributed by atoms with Gasteiger partial charge < -0.3 is 14.8 Å². The Bertz CT molecular complexity index is 1020. The number of aromatic amines is 1. The molecule has 0 bridgehead atoms. The van der Waals surface area contributed by atoms with Gasteiger partial charge in [0.1, 0.15) is 17.6 Å². The van der Waals surface area contributed by atoms with Crippen LogP contribution >= 0.6 is 0 Å². The fourth-order valence-electron chi connectivity index (χ4n) is 2.58. The monoisotopic (exact) mass is 347 g/mol. The maximum absolute atomic E-state index is 10.7. The first-order valence-electron chi connectivity index (χ1n) is 8.00. The van der Waals surface area contributed by atoms with Gasteiger partial charge in [-0.1, -0.05) is 18.2 Å².